The van der Waals surface area contributed by atoms with Crippen molar-refractivity contribution < 1.29 is 13.9 Å². The summed E-state index contributed by atoms with van der Waals surface area (Å²) in [6.45, 7) is 7.60. The molecule has 0 radical (unpaired) electrons. The van der Waals surface area contributed by atoms with E-state index in [0.29, 0.717) is 36.3 Å². The number of benzene rings is 2. The number of hydrogen-bond acceptors (Lipinski definition) is 5. The van der Waals surface area contributed by atoms with Crippen LogP contribution in [0, 0.1) is 12.7 Å². The molecule has 8 heteroatoms. The Hall–Kier alpha value is -2.71. The van der Waals surface area contributed by atoms with Gasteiger partial charge in [0.15, 0.2) is 11.0 Å². The van der Waals surface area contributed by atoms with Gasteiger partial charge in [0.25, 0.3) is 0 Å². The molecule has 0 spiro atoms. The number of nitrogens with one attached hydrogen (secondary N) is 1. The second kappa shape index (κ2) is 11.1. The highest BCUT2D eigenvalue weighted by Gasteiger charge is 2.22. The monoisotopic (exact) mass is 442 g/mol. The maximum atomic E-state index is 14.5. The first-order valence-corrected chi connectivity index (χ1v) is 11.2. The van der Waals surface area contributed by atoms with Gasteiger partial charge in [0, 0.05) is 25.4 Å². The van der Waals surface area contributed by atoms with Crippen LogP contribution in [0.2, 0.25) is 0 Å². The lowest BCUT2D eigenvalue weighted by atomic mass is 10.2. The number of rotatable bonds is 10. The summed E-state index contributed by atoms with van der Waals surface area (Å²) < 4.78 is 21.6. The standard InChI is InChI=1S/C23H27FN4O2S/c1-4-30-15-7-14-25-22(29)17(3)31-23-27-26-21(19-8-5-6-9-20(19)24)28(23)18-12-10-16(2)11-13-18/h5-6,8-13,17H,4,7,14-15H2,1-3H3,(H,25,29). The number of nitrogens with zero attached hydrogens (tertiary/aromatic N) is 3. The highest BCUT2D eigenvalue weighted by molar-refractivity contribution is 8.00. The summed E-state index contributed by atoms with van der Waals surface area (Å²) in [5.74, 6) is -0.0685. The summed E-state index contributed by atoms with van der Waals surface area (Å²) in [6, 6.07) is 14.3. The van der Waals surface area contributed by atoms with Gasteiger partial charge in [-0.05, 0) is 51.5 Å². The van der Waals surface area contributed by atoms with Gasteiger partial charge in [-0.25, -0.2) is 4.39 Å². The second-order valence-electron chi connectivity index (χ2n) is 7.06. The van der Waals surface area contributed by atoms with Gasteiger partial charge < -0.3 is 10.1 Å². The molecule has 0 fully saturated rings. The van der Waals surface area contributed by atoms with Crippen LogP contribution in [0.5, 0.6) is 0 Å². The molecule has 31 heavy (non-hydrogen) atoms. The number of hydrogen-bond donors (Lipinski definition) is 1. The van der Waals surface area contributed by atoms with Crippen molar-refractivity contribution in [2.45, 2.75) is 37.6 Å². The zero-order valence-corrected chi connectivity index (χ0v) is 18.8. The van der Waals surface area contributed by atoms with Gasteiger partial charge in [-0.3, -0.25) is 9.36 Å². The molecule has 0 aliphatic heterocycles. The van der Waals surface area contributed by atoms with Gasteiger partial charge in [0.2, 0.25) is 5.91 Å². The van der Waals surface area contributed by atoms with Crippen LogP contribution < -0.4 is 5.32 Å². The molecule has 3 aromatic rings. The predicted octanol–water partition coefficient (Wildman–Crippen LogP) is 4.41. The third-order valence-corrected chi connectivity index (χ3v) is 5.70. The fourth-order valence-corrected chi connectivity index (χ4v) is 3.87. The lowest BCUT2D eigenvalue weighted by Crippen LogP contribution is -2.32. The molecule has 1 amide bonds. The first kappa shape index (κ1) is 23.0. The molecule has 3 rings (SSSR count). The van der Waals surface area contributed by atoms with Crippen LogP contribution in [-0.2, 0) is 9.53 Å². The van der Waals surface area contributed by atoms with E-state index in [9.17, 15) is 9.18 Å². The van der Waals surface area contributed by atoms with Crippen molar-refractivity contribution in [1.82, 2.24) is 20.1 Å². The lowest BCUT2D eigenvalue weighted by molar-refractivity contribution is -0.120. The second-order valence-corrected chi connectivity index (χ2v) is 8.37. The largest absolute Gasteiger partial charge is 0.382 e. The average molecular weight is 443 g/mol. The Morgan fingerprint density at radius 2 is 1.94 bits per heavy atom. The molecular formula is C23H27FN4O2S. The molecule has 164 valence electrons. The van der Waals surface area contributed by atoms with Crippen LogP contribution in [0.1, 0.15) is 25.8 Å². The Bertz CT molecular complexity index is 1010. The number of aromatic nitrogens is 3. The Kier molecular flexibility index (Phi) is 8.20. The Morgan fingerprint density at radius 3 is 2.65 bits per heavy atom. The van der Waals surface area contributed by atoms with Crippen molar-refractivity contribution in [2.24, 2.45) is 0 Å². The Morgan fingerprint density at radius 1 is 1.19 bits per heavy atom. The smallest absolute Gasteiger partial charge is 0.233 e. The third-order valence-electron chi connectivity index (χ3n) is 4.66. The van der Waals surface area contributed by atoms with E-state index >= 15 is 0 Å². The van der Waals surface area contributed by atoms with E-state index in [2.05, 4.69) is 15.5 Å². The summed E-state index contributed by atoms with van der Waals surface area (Å²) >= 11 is 1.29. The van der Waals surface area contributed by atoms with Crippen molar-refractivity contribution in [1.29, 1.82) is 0 Å². The van der Waals surface area contributed by atoms with Crippen LogP contribution >= 0.6 is 11.8 Å². The zero-order valence-electron chi connectivity index (χ0n) is 18.0. The van der Waals surface area contributed by atoms with Crippen LogP contribution in [-0.4, -0.2) is 45.7 Å². The summed E-state index contributed by atoms with van der Waals surface area (Å²) in [4.78, 5) is 12.5. The molecule has 1 aromatic heterocycles. The number of halogens is 1. The molecule has 1 heterocycles. The van der Waals surface area contributed by atoms with E-state index in [1.54, 1.807) is 22.8 Å². The minimum Gasteiger partial charge on any atom is -0.382 e. The molecule has 2 aromatic carbocycles. The van der Waals surface area contributed by atoms with Gasteiger partial charge in [-0.1, -0.05) is 41.6 Å². The summed E-state index contributed by atoms with van der Waals surface area (Å²) in [5.41, 5.74) is 2.27. The molecule has 1 atom stereocenters. The first-order chi connectivity index (χ1) is 15.0. The molecule has 0 aliphatic carbocycles. The highest BCUT2D eigenvalue weighted by Crippen LogP contribution is 2.31. The van der Waals surface area contributed by atoms with Crippen molar-refractivity contribution in [3.8, 4) is 17.1 Å². The molecule has 6 nitrogen and oxygen atoms in total. The SMILES string of the molecule is CCOCCCNC(=O)C(C)Sc1nnc(-c2ccccc2F)n1-c1ccc(C)cc1. The van der Waals surface area contributed by atoms with Crippen molar-refractivity contribution in [3.63, 3.8) is 0 Å². The third kappa shape index (κ3) is 5.92. The molecule has 0 saturated heterocycles. The number of amides is 1. The number of thioether (sulfide) groups is 1. The number of aryl methyl sites for hydroxylation is 1. The maximum Gasteiger partial charge on any atom is 0.233 e. The van der Waals surface area contributed by atoms with Crippen LogP contribution in [0.15, 0.2) is 53.7 Å². The van der Waals surface area contributed by atoms with E-state index in [4.69, 9.17) is 4.74 Å². The lowest BCUT2D eigenvalue weighted by Gasteiger charge is -2.14. The van der Waals surface area contributed by atoms with Crippen LogP contribution in [0.3, 0.4) is 0 Å². The van der Waals surface area contributed by atoms with Gasteiger partial charge in [0.05, 0.1) is 10.8 Å². The first-order valence-electron chi connectivity index (χ1n) is 10.3. The summed E-state index contributed by atoms with van der Waals surface area (Å²) in [6.07, 6.45) is 0.758. The van der Waals surface area contributed by atoms with Gasteiger partial charge >= 0.3 is 0 Å². The van der Waals surface area contributed by atoms with E-state index in [1.807, 2.05) is 45.0 Å². The van der Waals surface area contributed by atoms with E-state index in [-0.39, 0.29) is 11.7 Å². The Labute approximate surface area is 186 Å². The van der Waals surface area contributed by atoms with Crippen molar-refractivity contribution >= 4 is 17.7 Å². The van der Waals surface area contributed by atoms with Crippen LogP contribution in [0.25, 0.3) is 17.1 Å². The molecule has 1 unspecified atom stereocenters. The average Bonchev–Trinajstić information content (AvgIpc) is 3.17. The molecular weight excluding hydrogens is 415 g/mol. The van der Waals surface area contributed by atoms with Crippen molar-refractivity contribution in [3.05, 3.63) is 59.9 Å². The minimum atomic E-state index is -0.394. The molecule has 0 aliphatic rings. The van der Waals surface area contributed by atoms with Crippen LogP contribution in [0.4, 0.5) is 4.39 Å². The fourth-order valence-electron chi connectivity index (χ4n) is 2.98. The summed E-state index contributed by atoms with van der Waals surface area (Å²) in [7, 11) is 0. The number of carbonyl (C=O) groups excluding carboxylic acids is 1. The van der Waals surface area contributed by atoms with Crippen molar-refractivity contribution in [2.75, 3.05) is 19.8 Å². The number of ether oxygens (including phenoxy) is 1. The fraction of sp³-hybridized carbons (Fsp3) is 0.348. The highest BCUT2D eigenvalue weighted by atomic mass is 32.2. The number of carbonyl (C=O) groups is 1. The topological polar surface area (TPSA) is 69.0 Å². The zero-order chi connectivity index (χ0) is 22.2. The van der Waals surface area contributed by atoms with Gasteiger partial charge in [-0.2, -0.15) is 0 Å². The van der Waals surface area contributed by atoms with Gasteiger partial charge in [0.1, 0.15) is 5.82 Å². The molecule has 0 bridgehead atoms. The predicted molar refractivity (Wildman–Crippen MR) is 121 cm³/mol. The van der Waals surface area contributed by atoms with E-state index in [0.717, 1.165) is 17.7 Å². The normalized spacial score (nSPS) is 12.0. The van der Waals surface area contributed by atoms with Gasteiger partial charge in [-0.15, -0.1) is 10.2 Å². The maximum absolute atomic E-state index is 14.5. The quantitative estimate of drug-likeness (QED) is 0.372. The molecule has 1 N–H and O–H groups in total. The Balaban J connectivity index is 1.84. The summed E-state index contributed by atoms with van der Waals surface area (Å²) in [5, 5.41) is 11.6. The molecule has 0 saturated carbocycles. The van der Waals surface area contributed by atoms with E-state index in [1.165, 1.54) is 17.8 Å². The van der Waals surface area contributed by atoms with E-state index < -0.39 is 5.25 Å². The minimum absolute atomic E-state index is 0.0904.